The number of carbonyl (C=O) groups is 2. The topological polar surface area (TPSA) is 40.4 Å². The number of nitrogens with zero attached hydrogens (tertiary/aromatic N) is 2. The van der Waals surface area contributed by atoms with Crippen LogP contribution in [-0.4, -0.2) is 33.9 Å². The lowest BCUT2D eigenvalue weighted by molar-refractivity contribution is 0.0294. The Morgan fingerprint density at radius 1 is 0.895 bits per heavy atom. The summed E-state index contributed by atoms with van der Waals surface area (Å²) in [5.41, 5.74) is 1.08. The van der Waals surface area contributed by atoms with Crippen molar-refractivity contribution in [2.75, 3.05) is 0 Å². The SMILES string of the molecule is O=C1c2ccccc2C(=O)N1N1[C@@H]2[C@H]1[C@H]1C=C[C@@H]2C1. The number of benzene rings is 1. The highest BCUT2D eigenvalue weighted by molar-refractivity contribution is 6.21. The highest BCUT2D eigenvalue weighted by atomic mass is 16.2. The van der Waals surface area contributed by atoms with Gasteiger partial charge in [0.1, 0.15) is 0 Å². The smallest absolute Gasteiger partial charge is 0.267 e. The summed E-state index contributed by atoms with van der Waals surface area (Å²) < 4.78 is 0. The van der Waals surface area contributed by atoms with Crippen molar-refractivity contribution in [1.29, 1.82) is 0 Å². The molecule has 2 amide bonds. The summed E-state index contributed by atoms with van der Waals surface area (Å²) in [5.74, 6) is 0.738. The van der Waals surface area contributed by atoms with Crippen LogP contribution in [0.4, 0.5) is 0 Å². The first-order chi connectivity index (χ1) is 9.27. The molecule has 2 heterocycles. The van der Waals surface area contributed by atoms with E-state index in [1.54, 1.807) is 12.1 Å². The first kappa shape index (κ1) is 9.92. The third kappa shape index (κ3) is 1.01. The molecule has 0 aromatic heterocycles. The fourth-order valence-corrected chi connectivity index (χ4v) is 4.07. The third-order valence-electron chi connectivity index (χ3n) is 4.90. The van der Waals surface area contributed by atoms with Crippen LogP contribution >= 0.6 is 0 Å². The molecule has 1 aromatic carbocycles. The van der Waals surface area contributed by atoms with Crippen LogP contribution in [0.5, 0.6) is 0 Å². The minimum Gasteiger partial charge on any atom is -0.267 e. The number of fused-ring (bicyclic) bond motifs is 6. The van der Waals surface area contributed by atoms with Crippen molar-refractivity contribution in [3.05, 3.63) is 47.5 Å². The lowest BCUT2D eigenvalue weighted by Crippen LogP contribution is -2.39. The lowest BCUT2D eigenvalue weighted by atomic mass is 10.1. The molecule has 0 N–H and O–H groups in total. The van der Waals surface area contributed by atoms with Gasteiger partial charge >= 0.3 is 0 Å². The van der Waals surface area contributed by atoms with Gasteiger partial charge in [0.2, 0.25) is 0 Å². The lowest BCUT2D eigenvalue weighted by Gasteiger charge is -2.20. The fourth-order valence-electron chi connectivity index (χ4n) is 4.07. The molecular formula is C15H12N2O2. The van der Waals surface area contributed by atoms with Crippen molar-refractivity contribution >= 4 is 11.8 Å². The number of hydrogen-bond donors (Lipinski definition) is 0. The van der Waals surface area contributed by atoms with Crippen molar-refractivity contribution < 1.29 is 9.59 Å². The van der Waals surface area contributed by atoms with Gasteiger partial charge in [-0.05, 0) is 30.4 Å². The number of carbonyl (C=O) groups excluding carboxylic acids is 2. The Kier molecular flexibility index (Phi) is 1.55. The molecule has 19 heavy (non-hydrogen) atoms. The summed E-state index contributed by atoms with van der Waals surface area (Å²) in [6, 6.07) is 7.84. The standard InChI is InChI=1S/C15H12N2O2/c18-14-10-3-1-2-4-11(10)15(19)17(14)16-12-8-5-6-9(7-8)13(12)16/h1-6,8-9,12-13H,7H2/t8-,9+,12+,13-,16?. The molecule has 2 aliphatic heterocycles. The predicted octanol–water partition coefficient (Wildman–Crippen LogP) is 1.46. The largest absolute Gasteiger partial charge is 0.276 e. The molecule has 2 aliphatic carbocycles. The zero-order valence-corrected chi connectivity index (χ0v) is 10.2. The van der Waals surface area contributed by atoms with Gasteiger partial charge in [-0.1, -0.05) is 24.3 Å². The van der Waals surface area contributed by atoms with Gasteiger partial charge in [-0.25, -0.2) is 10.0 Å². The summed E-state index contributed by atoms with van der Waals surface area (Å²) in [6.07, 6.45) is 5.67. The van der Waals surface area contributed by atoms with Gasteiger partial charge in [-0.15, -0.1) is 0 Å². The van der Waals surface area contributed by atoms with E-state index in [1.165, 1.54) is 11.4 Å². The second-order valence-corrected chi connectivity index (χ2v) is 5.78. The number of rotatable bonds is 1. The van der Waals surface area contributed by atoms with Crippen molar-refractivity contribution in [2.45, 2.75) is 18.5 Å². The molecule has 2 fully saturated rings. The summed E-state index contributed by atoms with van der Waals surface area (Å²) in [6.45, 7) is 0. The van der Waals surface area contributed by atoms with Crippen LogP contribution in [0, 0.1) is 11.8 Å². The molecule has 5 rings (SSSR count). The maximum atomic E-state index is 12.4. The Balaban J connectivity index is 1.54. The molecular weight excluding hydrogens is 240 g/mol. The van der Waals surface area contributed by atoms with Gasteiger partial charge < -0.3 is 0 Å². The van der Waals surface area contributed by atoms with E-state index < -0.39 is 0 Å². The highest BCUT2D eigenvalue weighted by Gasteiger charge is 2.67. The van der Waals surface area contributed by atoms with Crippen LogP contribution in [0.25, 0.3) is 0 Å². The van der Waals surface area contributed by atoms with E-state index in [1.807, 2.05) is 17.1 Å². The average Bonchev–Trinajstić information content (AvgIpc) is 2.77. The van der Waals surface area contributed by atoms with E-state index >= 15 is 0 Å². The van der Waals surface area contributed by atoms with Gasteiger partial charge in [0.15, 0.2) is 0 Å². The fraction of sp³-hybridized carbons (Fsp3) is 0.333. The third-order valence-corrected chi connectivity index (χ3v) is 4.90. The van der Waals surface area contributed by atoms with Crippen molar-refractivity contribution in [1.82, 2.24) is 10.0 Å². The minimum atomic E-state index is -0.158. The summed E-state index contributed by atoms with van der Waals surface area (Å²) in [4.78, 5) is 24.8. The number of piperidine rings is 1. The Bertz CT molecular complexity index is 613. The van der Waals surface area contributed by atoms with Crippen LogP contribution in [0.2, 0.25) is 0 Å². The second kappa shape index (κ2) is 2.96. The maximum Gasteiger partial charge on any atom is 0.276 e. The van der Waals surface area contributed by atoms with E-state index in [4.69, 9.17) is 0 Å². The van der Waals surface area contributed by atoms with Gasteiger partial charge in [0.25, 0.3) is 11.8 Å². The van der Waals surface area contributed by atoms with Crippen LogP contribution < -0.4 is 0 Å². The molecule has 4 aliphatic rings. The van der Waals surface area contributed by atoms with Crippen molar-refractivity contribution in [3.63, 3.8) is 0 Å². The number of imide groups is 1. The first-order valence-electron chi connectivity index (χ1n) is 6.72. The number of hydrazine groups is 1. The molecule has 94 valence electrons. The predicted molar refractivity (Wildman–Crippen MR) is 67.1 cm³/mol. The summed E-state index contributed by atoms with van der Waals surface area (Å²) in [7, 11) is 0. The first-order valence-corrected chi connectivity index (χ1v) is 6.72. The van der Waals surface area contributed by atoms with E-state index in [9.17, 15) is 9.59 Å². The van der Waals surface area contributed by atoms with Crippen LogP contribution in [0.1, 0.15) is 27.1 Å². The van der Waals surface area contributed by atoms with E-state index in [0.717, 1.165) is 0 Å². The molecule has 5 atom stereocenters. The summed E-state index contributed by atoms with van der Waals surface area (Å²) in [5, 5.41) is 3.38. The monoisotopic (exact) mass is 252 g/mol. The molecule has 4 heteroatoms. The Labute approximate surface area is 110 Å². The van der Waals surface area contributed by atoms with Gasteiger partial charge in [-0.2, -0.15) is 0 Å². The minimum absolute atomic E-state index is 0.158. The number of amides is 2. The number of hydrogen-bond acceptors (Lipinski definition) is 3. The van der Waals surface area contributed by atoms with E-state index in [2.05, 4.69) is 12.2 Å². The molecule has 0 radical (unpaired) electrons. The maximum absolute atomic E-state index is 12.4. The highest BCUT2D eigenvalue weighted by Crippen LogP contribution is 2.56. The molecule has 4 nitrogen and oxygen atoms in total. The van der Waals surface area contributed by atoms with Gasteiger partial charge in [0, 0.05) is 0 Å². The molecule has 1 aromatic rings. The Morgan fingerprint density at radius 2 is 1.42 bits per heavy atom. The van der Waals surface area contributed by atoms with Crippen LogP contribution in [0.3, 0.4) is 0 Å². The zero-order chi connectivity index (χ0) is 12.7. The molecule has 1 unspecified atom stereocenters. The molecule has 1 saturated heterocycles. The summed E-state index contributed by atoms with van der Waals surface area (Å²) >= 11 is 0. The molecule has 2 bridgehead atoms. The normalized spacial score (nSPS) is 40.8. The van der Waals surface area contributed by atoms with E-state index in [-0.39, 0.29) is 11.8 Å². The van der Waals surface area contributed by atoms with Crippen molar-refractivity contribution in [3.8, 4) is 0 Å². The average molecular weight is 252 g/mol. The van der Waals surface area contributed by atoms with Gasteiger partial charge in [0.05, 0.1) is 23.2 Å². The van der Waals surface area contributed by atoms with E-state index in [0.29, 0.717) is 35.0 Å². The Hall–Kier alpha value is -1.94. The van der Waals surface area contributed by atoms with Gasteiger partial charge in [-0.3, -0.25) is 9.59 Å². The second-order valence-electron chi connectivity index (χ2n) is 5.78. The molecule has 1 saturated carbocycles. The Morgan fingerprint density at radius 3 is 1.95 bits per heavy atom. The zero-order valence-electron chi connectivity index (χ0n) is 10.2. The van der Waals surface area contributed by atoms with Crippen molar-refractivity contribution in [2.24, 2.45) is 11.8 Å². The molecule has 0 spiro atoms. The van der Waals surface area contributed by atoms with Crippen LogP contribution in [-0.2, 0) is 0 Å². The quantitative estimate of drug-likeness (QED) is 0.431. The van der Waals surface area contributed by atoms with Crippen LogP contribution in [0.15, 0.2) is 36.4 Å².